The van der Waals surface area contributed by atoms with Crippen LogP contribution in [-0.4, -0.2) is 9.55 Å². The van der Waals surface area contributed by atoms with Gasteiger partial charge in [-0.3, -0.25) is 0 Å². The van der Waals surface area contributed by atoms with Crippen LogP contribution in [0.3, 0.4) is 0 Å². The second-order valence-electron chi connectivity index (χ2n) is 12.5. The SMILES string of the molecule is Cc1cc(C)cc(-c2ccc3c(c2)-n2c4ccccc4c4cccc(c42)[C@]32c3ccccc3-c3nc4ccccc4cc32)c1. The van der Waals surface area contributed by atoms with E-state index in [1.807, 2.05) is 0 Å². The van der Waals surface area contributed by atoms with Gasteiger partial charge in [-0.05, 0) is 71.5 Å². The van der Waals surface area contributed by atoms with Crippen molar-refractivity contribution < 1.29 is 0 Å². The van der Waals surface area contributed by atoms with Crippen molar-refractivity contribution in [1.29, 1.82) is 0 Å². The number of aromatic nitrogens is 2. The molecule has 0 fully saturated rings. The van der Waals surface area contributed by atoms with Gasteiger partial charge in [0.05, 0.1) is 33.3 Å². The Hall–Kier alpha value is -5.47. The van der Waals surface area contributed by atoms with Crippen molar-refractivity contribution in [2.24, 2.45) is 0 Å². The van der Waals surface area contributed by atoms with Crippen molar-refractivity contribution in [3.05, 3.63) is 167 Å². The van der Waals surface area contributed by atoms with Gasteiger partial charge < -0.3 is 4.57 Å². The third-order valence-electron chi connectivity index (χ3n) is 10.0. The molecule has 3 heterocycles. The summed E-state index contributed by atoms with van der Waals surface area (Å²) in [5, 5.41) is 3.75. The van der Waals surface area contributed by atoms with Gasteiger partial charge in [-0.1, -0.05) is 120 Å². The minimum atomic E-state index is -0.497. The second kappa shape index (κ2) is 8.33. The molecule has 1 spiro atoms. The van der Waals surface area contributed by atoms with Gasteiger partial charge in [0, 0.05) is 21.7 Å². The molecule has 10 rings (SSSR count). The molecule has 6 aromatic carbocycles. The molecule has 2 aliphatic rings. The van der Waals surface area contributed by atoms with Crippen molar-refractivity contribution in [3.63, 3.8) is 0 Å². The molecule has 0 bridgehead atoms. The van der Waals surface area contributed by atoms with Crippen molar-refractivity contribution in [3.8, 4) is 28.1 Å². The highest BCUT2D eigenvalue weighted by molar-refractivity contribution is 6.13. The Labute approximate surface area is 255 Å². The molecular formula is C42H28N2. The predicted octanol–water partition coefficient (Wildman–Crippen LogP) is 10.3. The average Bonchev–Trinajstić information content (AvgIpc) is 3.53. The summed E-state index contributed by atoms with van der Waals surface area (Å²) in [6.07, 6.45) is 0. The van der Waals surface area contributed by atoms with Crippen LogP contribution in [-0.2, 0) is 5.41 Å². The number of benzene rings is 6. The number of hydrogen-bond acceptors (Lipinski definition) is 1. The molecule has 2 aromatic heterocycles. The van der Waals surface area contributed by atoms with Crippen LogP contribution in [0.1, 0.15) is 33.4 Å². The van der Waals surface area contributed by atoms with Gasteiger partial charge >= 0.3 is 0 Å². The maximum atomic E-state index is 5.36. The Kier molecular flexibility index (Phi) is 4.55. The Bertz CT molecular complexity index is 2510. The summed E-state index contributed by atoms with van der Waals surface area (Å²) in [6, 6.07) is 49.7. The highest BCUT2D eigenvalue weighted by atomic mass is 15.0. The molecule has 2 nitrogen and oxygen atoms in total. The van der Waals surface area contributed by atoms with Gasteiger partial charge in [0.25, 0.3) is 0 Å². The maximum absolute atomic E-state index is 5.36. The van der Waals surface area contributed by atoms with E-state index >= 15 is 0 Å². The van der Waals surface area contributed by atoms with Gasteiger partial charge in [0.15, 0.2) is 0 Å². The smallest absolute Gasteiger partial charge is 0.0770 e. The third kappa shape index (κ3) is 2.88. The summed E-state index contributed by atoms with van der Waals surface area (Å²) in [7, 11) is 0. The molecule has 1 aliphatic carbocycles. The van der Waals surface area contributed by atoms with Crippen LogP contribution in [0.25, 0.3) is 60.8 Å². The zero-order chi connectivity index (χ0) is 29.2. The van der Waals surface area contributed by atoms with Gasteiger partial charge in [-0.25, -0.2) is 4.98 Å². The number of hydrogen-bond donors (Lipinski definition) is 0. The molecule has 8 aromatic rings. The van der Waals surface area contributed by atoms with Crippen LogP contribution in [0.4, 0.5) is 0 Å². The number of pyridine rings is 1. The lowest BCUT2D eigenvalue weighted by Crippen LogP contribution is -2.33. The standard InChI is InChI=1S/C42H28N2/c1-25-20-26(2)22-29(21-25)27-18-19-34-39(24-27)44-38-17-8-5-11-30(38)31-13-9-15-35(41(31)44)42(34)33-14-6-4-12-32(33)40-36(42)23-28-10-3-7-16-37(28)43-40/h3-24H,1-2H3/t42-/m0/s1. The molecule has 1 atom stereocenters. The fourth-order valence-corrected chi connectivity index (χ4v) is 8.42. The van der Waals surface area contributed by atoms with E-state index in [4.69, 9.17) is 4.98 Å². The first kappa shape index (κ1) is 24.0. The number of rotatable bonds is 1. The van der Waals surface area contributed by atoms with E-state index in [0.29, 0.717) is 0 Å². The molecule has 206 valence electrons. The largest absolute Gasteiger partial charge is 0.309 e. The molecule has 0 saturated heterocycles. The first-order chi connectivity index (χ1) is 21.6. The summed E-state index contributed by atoms with van der Waals surface area (Å²) in [5.74, 6) is 0. The van der Waals surface area contributed by atoms with Crippen molar-refractivity contribution >= 4 is 32.7 Å². The minimum absolute atomic E-state index is 0.497. The summed E-state index contributed by atoms with van der Waals surface area (Å²) in [4.78, 5) is 5.36. The van der Waals surface area contributed by atoms with E-state index in [0.717, 1.165) is 11.2 Å². The highest BCUT2D eigenvalue weighted by Gasteiger charge is 2.51. The Morgan fingerprint density at radius 3 is 2.20 bits per heavy atom. The van der Waals surface area contributed by atoms with E-state index in [9.17, 15) is 0 Å². The monoisotopic (exact) mass is 560 g/mol. The number of para-hydroxylation sites is 3. The molecule has 0 unspecified atom stereocenters. The van der Waals surface area contributed by atoms with Crippen LogP contribution in [0.2, 0.25) is 0 Å². The van der Waals surface area contributed by atoms with E-state index in [2.05, 4.69) is 152 Å². The molecule has 0 N–H and O–H groups in total. The normalized spacial score (nSPS) is 16.0. The number of aryl methyl sites for hydroxylation is 2. The lowest BCUT2D eigenvalue weighted by molar-refractivity contribution is 0.748. The first-order valence-corrected chi connectivity index (χ1v) is 15.4. The van der Waals surface area contributed by atoms with Crippen LogP contribution >= 0.6 is 0 Å². The van der Waals surface area contributed by atoms with Crippen molar-refractivity contribution in [1.82, 2.24) is 9.55 Å². The van der Waals surface area contributed by atoms with E-state index in [1.165, 1.54) is 83.0 Å². The molecule has 0 amide bonds. The first-order valence-electron chi connectivity index (χ1n) is 15.4. The van der Waals surface area contributed by atoms with Crippen molar-refractivity contribution in [2.45, 2.75) is 19.3 Å². The average molecular weight is 561 g/mol. The van der Waals surface area contributed by atoms with Crippen LogP contribution < -0.4 is 0 Å². The fourth-order valence-electron chi connectivity index (χ4n) is 8.42. The quantitative estimate of drug-likeness (QED) is 0.195. The molecule has 0 radical (unpaired) electrons. The summed E-state index contributed by atoms with van der Waals surface area (Å²) in [5.41, 5.74) is 16.9. The Morgan fingerprint density at radius 2 is 1.30 bits per heavy atom. The topological polar surface area (TPSA) is 17.8 Å². The predicted molar refractivity (Wildman–Crippen MR) is 182 cm³/mol. The van der Waals surface area contributed by atoms with E-state index in [-0.39, 0.29) is 0 Å². The molecular weight excluding hydrogens is 532 g/mol. The Balaban J connectivity index is 1.43. The molecule has 0 saturated carbocycles. The summed E-state index contributed by atoms with van der Waals surface area (Å²) in [6.45, 7) is 4.37. The van der Waals surface area contributed by atoms with Gasteiger partial charge in [0.2, 0.25) is 0 Å². The zero-order valence-electron chi connectivity index (χ0n) is 24.6. The lowest BCUT2D eigenvalue weighted by atomic mass is 9.65. The van der Waals surface area contributed by atoms with Crippen molar-refractivity contribution in [2.75, 3.05) is 0 Å². The van der Waals surface area contributed by atoms with E-state index in [1.54, 1.807) is 0 Å². The van der Waals surface area contributed by atoms with Crippen LogP contribution in [0.5, 0.6) is 0 Å². The third-order valence-corrected chi connectivity index (χ3v) is 10.0. The molecule has 1 aliphatic heterocycles. The Morgan fingerprint density at radius 1 is 0.545 bits per heavy atom. The summed E-state index contributed by atoms with van der Waals surface area (Å²) >= 11 is 0. The van der Waals surface area contributed by atoms with Gasteiger partial charge in [-0.15, -0.1) is 0 Å². The summed E-state index contributed by atoms with van der Waals surface area (Å²) < 4.78 is 2.53. The van der Waals surface area contributed by atoms with Gasteiger partial charge in [-0.2, -0.15) is 0 Å². The van der Waals surface area contributed by atoms with Gasteiger partial charge in [0.1, 0.15) is 0 Å². The zero-order valence-corrected chi connectivity index (χ0v) is 24.6. The maximum Gasteiger partial charge on any atom is 0.0770 e. The lowest BCUT2D eigenvalue weighted by Gasteiger charge is -2.39. The van der Waals surface area contributed by atoms with Crippen LogP contribution in [0.15, 0.2) is 133 Å². The molecule has 2 heteroatoms. The van der Waals surface area contributed by atoms with Crippen LogP contribution in [0, 0.1) is 13.8 Å². The second-order valence-corrected chi connectivity index (χ2v) is 12.5. The number of fused-ring (bicyclic) bond motifs is 13. The highest BCUT2D eigenvalue weighted by Crippen LogP contribution is 2.61. The number of nitrogens with zero attached hydrogens (tertiary/aromatic N) is 2. The fraction of sp³-hybridized carbons (Fsp3) is 0.0714. The molecule has 44 heavy (non-hydrogen) atoms. The minimum Gasteiger partial charge on any atom is -0.309 e. The van der Waals surface area contributed by atoms with E-state index < -0.39 is 5.41 Å².